The van der Waals surface area contributed by atoms with Crippen LogP contribution < -0.4 is 14.8 Å². The maximum absolute atomic E-state index is 13.7. The Labute approximate surface area is 251 Å². The molecule has 0 spiro atoms. The number of aromatic nitrogens is 3. The van der Waals surface area contributed by atoms with Crippen molar-refractivity contribution < 1.29 is 17.9 Å². The highest BCUT2D eigenvalue weighted by atomic mass is 32.2. The van der Waals surface area contributed by atoms with Gasteiger partial charge in [0, 0.05) is 56.6 Å². The number of hydrogen-bond acceptors (Lipinski definition) is 9. The molecule has 4 aromatic rings. The zero-order chi connectivity index (χ0) is 30.1. The van der Waals surface area contributed by atoms with E-state index in [2.05, 4.69) is 29.9 Å². The first-order valence-electron chi connectivity index (χ1n) is 14.1. The number of sulfonamides is 1. The lowest BCUT2D eigenvalue weighted by molar-refractivity contribution is 0.0690. The molecule has 0 radical (unpaired) electrons. The Morgan fingerprint density at radius 1 is 1.00 bits per heavy atom. The number of nitrogens with one attached hydrogen (secondary N) is 2. The molecule has 1 fully saturated rings. The van der Waals surface area contributed by atoms with Gasteiger partial charge in [-0.15, -0.1) is 0 Å². The van der Waals surface area contributed by atoms with Crippen LogP contribution in [-0.2, 0) is 16.6 Å². The summed E-state index contributed by atoms with van der Waals surface area (Å²) in [7, 11) is -2.27. The van der Waals surface area contributed by atoms with Gasteiger partial charge in [-0.25, -0.2) is 23.1 Å². The quantitative estimate of drug-likeness (QED) is 0.361. The average molecular weight is 600 g/mol. The van der Waals surface area contributed by atoms with Crippen molar-refractivity contribution >= 4 is 27.7 Å². The number of amides is 1. The minimum atomic E-state index is -4.10. The van der Waals surface area contributed by atoms with E-state index in [9.17, 15) is 13.2 Å². The first kappa shape index (κ1) is 28.6. The number of fused-ring (bicyclic) bond motifs is 6. The van der Waals surface area contributed by atoms with Crippen LogP contribution in [0.1, 0.15) is 27.0 Å². The lowest BCUT2D eigenvalue weighted by Gasteiger charge is -2.25. The van der Waals surface area contributed by atoms with Crippen molar-refractivity contribution in [3.63, 3.8) is 0 Å². The number of rotatable bonds is 4. The van der Waals surface area contributed by atoms with E-state index in [0.29, 0.717) is 38.4 Å². The van der Waals surface area contributed by atoms with Gasteiger partial charge in [-0.2, -0.15) is 4.98 Å². The second kappa shape index (κ2) is 11.6. The maximum atomic E-state index is 13.7. The van der Waals surface area contributed by atoms with E-state index in [4.69, 9.17) is 4.74 Å². The number of anilines is 2. The van der Waals surface area contributed by atoms with Crippen molar-refractivity contribution in [2.75, 3.05) is 43.3 Å². The van der Waals surface area contributed by atoms with E-state index in [1.54, 1.807) is 23.1 Å². The van der Waals surface area contributed by atoms with Crippen molar-refractivity contribution in [2.24, 2.45) is 0 Å². The van der Waals surface area contributed by atoms with Crippen LogP contribution in [-0.4, -0.2) is 78.4 Å². The van der Waals surface area contributed by atoms with Crippen LogP contribution in [0.3, 0.4) is 0 Å². The number of pyridine rings is 1. The van der Waals surface area contributed by atoms with Crippen molar-refractivity contribution in [3.8, 4) is 17.1 Å². The molecule has 2 aromatic carbocycles. The first-order chi connectivity index (χ1) is 20.7. The molecule has 6 rings (SSSR count). The number of aryl methyl sites for hydroxylation is 2. The maximum Gasteiger partial charge on any atom is 0.264 e. The van der Waals surface area contributed by atoms with Crippen molar-refractivity contribution in [3.05, 3.63) is 89.1 Å². The third-order valence-electron chi connectivity index (χ3n) is 7.69. The molecule has 4 heterocycles. The summed E-state index contributed by atoms with van der Waals surface area (Å²) in [6, 6.07) is 17.7. The number of benzene rings is 2. The fourth-order valence-electron chi connectivity index (χ4n) is 5.57. The van der Waals surface area contributed by atoms with Crippen LogP contribution in [0.25, 0.3) is 11.3 Å². The van der Waals surface area contributed by atoms with Crippen LogP contribution in [0.2, 0.25) is 0 Å². The van der Waals surface area contributed by atoms with Crippen LogP contribution >= 0.6 is 0 Å². The van der Waals surface area contributed by atoms with Gasteiger partial charge in [0.15, 0.2) is 0 Å². The Morgan fingerprint density at radius 3 is 2.53 bits per heavy atom. The summed E-state index contributed by atoms with van der Waals surface area (Å²) in [6.07, 6.45) is 1.39. The molecule has 6 bridgehead atoms. The van der Waals surface area contributed by atoms with Gasteiger partial charge in [0.2, 0.25) is 11.8 Å². The summed E-state index contributed by atoms with van der Waals surface area (Å²) in [4.78, 5) is 31.1. The third kappa shape index (κ3) is 6.15. The second-order valence-electron chi connectivity index (χ2n) is 10.8. The van der Waals surface area contributed by atoms with Crippen LogP contribution in [0.4, 0.5) is 11.8 Å². The average Bonchev–Trinajstić information content (AvgIpc) is 3.18. The molecule has 1 unspecified atom stereocenters. The molecule has 2 aromatic heterocycles. The molecule has 11 nitrogen and oxygen atoms in total. The summed E-state index contributed by atoms with van der Waals surface area (Å²) in [5.74, 6) is 0.636. The summed E-state index contributed by atoms with van der Waals surface area (Å²) in [5, 5.41) is 3.03. The van der Waals surface area contributed by atoms with Crippen molar-refractivity contribution in [2.45, 2.75) is 31.4 Å². The highest BCUT2D eigenvalue weighted by molar-refractivity contribution is 7.92. The van der Waals surface area contributed by atoms with E-state index < -0.39 is 16.1 Å². The molecule has 12 heteroatoms. The molecule has 0 saturated carbocycles. The second-order valence-corrected chi connectivity index (χ2v) is 12.5. The number of ether oxygens (including phenoxy) is 1. The van der Waals surface area contributed by atoms with Gasteiger partial charge in [-0.05, 0) is 54.8 Å². The number of hydrogen-bond donors (Lipinski definition) is 2. The standard InChI is InChI=1S/C31H33N7O4S/c1-20-6-4-7-21(2)29(20)26-15-28-35-31(34-26)36-43(40,41)25-9-5-8-23(14-25)30(39)38-13-12-37(18-24(19-38)42-28)17-22-10-11-27(32-3)33-16-22/h4-11,14-16,24H,12-13,17-19H2,1-3H3,(H,32,33)(H,34,35,36). The minimum absolute atomic E-state index is 0.0494. The van der Waals surface area contributed by atoms with Gasteiger partial charge in [-0.1, -0.05) is 30.3 Å². The molecule has 2 aliphatic heterocycles. The number of carbonyl (C=O) groups excluding carboxylic acids is 1. The minimum Gasteiger partial charge on any atom is -0.471 e. The molecule has 2 N–H and O–H groups in total. The summed E-state index contributed by atoms with van der Waals surface area (Å²) < 4.78 is 35.9. The Morgan fingerprint density at radius 2 is 1.79 bits per heavy atom. The normalized spacial score (nSPS) is 18.3. The number of carbonyl (C=O) groups is 1. The molecule has 1 amide bonds. The van der Waals surface area contributed by atoms with E-state index in [-0.39, 0.29) is 28.2 Å². The highest BCUT2D eigenvalue weighted by Crippen LogP contribution is 2.30. The van der Waals surface area contributed by atoms with Crippen molar-refractivity contribution in [1.82, 2.24) is 24.8 Å². The zero-order valence-electron chi connectivity index (χ0n) is 24.2. The number of nitrogens with zero attached hydrogens (tertiary/aromatic N) is 5. The third-order valence-corrected chi connectivity index (χ3v) is 9.02. The van der Waals surface area contributed by atoms with Crippen LogP contribution in [0, 0.1) is 13.8 Å². The van der Waals surface area contributed by atoms with E-state index in [0.717, 1.165) is 28.1 Å². The SMILES string of the molecule is CNc1ccc(CN2CCN3CC(C2)Oc2cc(-c4c(C)cccc4C)nc(n2)NS(=O)(=O)c2cccc(c2)C3=O)cn1. The molecule has 1 saturated heterocycles. The summed E-state index contributed by atoms with van der Waals surface area (Å²) in [6.45, 7) is 6.44. The Balaban J connectivity index is 1.43. The van der Waals surface area contributed by atoms with Crippen molar-refractivity contribution in [1.29, 1.82) is 0 Å². The Kier molecular flexibility index (Phi) is 7.72. The summed E-state index contributed by atoms with van der Waals surface area (Å²) >= 11 is 0. The predicted molar refractivity (Wildman–Crippen MR) is 164 cm³/mol. The van der Waals surface area contributed by atoms with Gasteiger partial charge in [0.05, 0.1) is 17.1 Å². The van der Waals surface area contributed by atoms with Crippen LogP contribution in [0.5, 0.6) is 5.88 Å². The Hall–Kier alpha value is -4.55. The smallest absolute Gasteiger partial charge is 0.264 e. The van der Waals surface area contributed by atoms with Crippen LogP contribution in [0.15, 0.2) is 71.8 Å². The Bertz CT molecular complexity index is 1760. The van der Waals surface area contributed by atoms with Gasteiger partial charge in [0.25, 0.3) is 15.9 Å². The van der Waals surface area contributed by atoms with Gasteiger partial charge in [0.1, 0.15) is 11.9 Å². The predicted octanol–water partition coefficient (Wildman–Crippen LogP) is 3.72. The van der Waals surface area contributed by atoms with Gasteiger partial charge >= 0.3 is 0 Å². The van der Waals surface area contributed by atoms with Gasteiger partial charge in [-0.3, -0.25) is 9.69 Å². The summed E-state index contributed by atoms with van der Waals surface area (Å²) in [5.41, 5.74) is 4.70. The fraction of sp³-hybridized carbons (Fsp3) is 0.290. The molecule has 2 aliphatic rings. The topological polar surface area (TPSA) is 130 Å². The van der Waals surface area contributed by atoms with E-state index in [1.807, 2.05) is 57.4 Å². The molecular formula is C31H33N7O4S. The highest BCUT2D eigenvalue weighted by Gasteiger charge is 2.30. The molecule has 222 valence electrons. The molecule has 0 aliphatic carbocycles. The van der Waals surface area contributed by atoms with E-state index >= 15 is 0 Å². The molecule has 1 atom stereocenters. The zero-order valence-corrected chi connectivity index (χ0v) is 25.1. The fourth-order valence-corrected chi connectivity index (χ4v) is 6.56. The largest absolute Gasteiger partial charge is 0.471 e. The monoisotopic (exact) mass is 599 g/mol. The van der Waals surface area contributed by atoms with E-state index in [1.165, 1.54) is 12.1 Å². The lowest BCUT2D eigenvalue weighted by atomic mass is 10.00. The lowest BCUT2D eigenvalue weighted by Crippen LogP contribution is -2.40. The van der Waals surface area contributed by atoms with Gasteiger partial charge < -0.3 is 15.0 Å². The molecular weight excluding hydrogens is 566 g/mol. The molecule has 43 heavy (non-hydrogen) atoms. The first-order valence-corrected chi connectivity index (χ1v) is 15.6.